The van der Waals surface area contributed by atoms with E-state index in [1.807, 2.05) is 12.1 Å². The van der Waals surface area contributed by atoms with Gasteiger partial charge in [-0.3, -0.25) is 0 Å². The lowest BCUT2D eigenvalue weighted by Gasteiger charge is -2.33. The van der Waals surface area contributed by atoms with Gasteiger partial charge in [0, 0.05) is 6.54 Å². The van der Waals surface area contributed by atoms with Crippen molar-refractivity contribution in [3.8, 4) is 5.75 Å². The normalized spacial score (nSPS) is 28.8. The van der Waals surface area contributed by atoms with Gasteiger partial charge in [-0.25, -0.2) is 0 Å². The zero-order valence-electron chi connectivity index (χ0n) is 12.8. The molecule has 1 fully saturated rings. The maximum Gasteiger partial charge on any atom is 0.116 e. The molecule has 2 bridgehead atoms. The lowest BCUT2D eigenvalue weighted by atomic mass is 9.76. The van der Waals surface area contributed by atoms with E-state index in [4.69, 9.17) is 0 Å². The molecule has 2 aliphatic carbocycles. The number of phenols is 1. The summed E-state index contributed by atoms with van der Waals surface area (Å²) in [6, 6.07) is 5.99. The van der Waals surface area contributed by atoms with Gasteiger partial charge >= 0.3 is 0 Å². The number of aromatic hydroxyl groups is 1. The molecule has 0 spiro atoms. The molecule has 2 nitrogen and oxygen atoms in total. The highest BCUT2D eigenvalue weighted by atomic mass is 16.3. The molecule has 3 rings (SSSR count). The average Bonchev–Trinajstić information content (AvgIpc) is 2.74. The van der Waals surface area contributed by atoms with Crippen molar-refractivity contribution in [1.29, 1.82) is 0 Å². The minimum Gasteiger partial charge on any atom is -0.508 e. The fraction of sp³-hybridized carbons (Fsp3) is 0.556. The maximum atomic E-state index is 9.90. The predicted octanol–water partition coefficient (Wildman–Crippen LogP) is 3.69. The van der Waals surface area contributed by atoms with Crippen molar-refractivity contribution in [3.05, 3.63) is 35.4 Å². The highest BCUT2D eigenvalue weighted by Gasteiger charge is 2.37. The lowest BCUT2D eigenvalue weighted by Crippen LogP contribution is -2.29. The molecule has 0 saturated heterocycles. The number of hydrogen-bond acceptors (Lipinski definition) is 2. The zero-order chi connectivity index (χ0) is 14.3. The van der Waals surface area contributed by atoms with Gasteiger partial charge in [0.15, 0.2) is 0 Å². The minimum absolute atomic E-state index is 0.391. The van der Waals surface area contributed by atoms with E-state index in [0.29, 0.717) is 11.7 Å². The van der Waals surface area contributed by atoms with Gasteiger partial charge in [-0.05, 0) is 86.9 Å². The summed E-state index contributed by atoms with van der Waals surface area (Å²) in [5.74, 6) is 2.59. The SMILES string of the molecule is Cc1cc(O)cc(C2=C[C@H]3CC[C@H](C3)[C@@H]2CN(C)C)c1. The van der Waals surface area contributed by atoms with E-state index < -0.39 is 0 Å². The number of benzene rings is 1. The molecule has 3 atom stereocenters. The molecule has 1 N–H and O–H groups in total. The molecular formula is C18H25NO. The van der Waals surface area contributed by atoms with Crippen molar-refractivity contribution >= 4 is 5.57 Å². The fourth-order valence-electron chi connectivity index (χ4n) is 4.08. The molecule has 1 aromatic rings. The maximum absolute atomic E-state index is 9.90. The van der Waals surface area contributed by atoms with Gasteiger partial charge in [0.1, 0.15) is 5.75 Å². The van der Waals surface area contributed by atoms with E-state index in [1.54, 1.807) is 0 Å². The summed E-state index contributed by atoms with van der Waals surface area (Å²) in [6.07, 6.45) is 6.56. The van der Waals surface area contributed by atoms with Gasteiger partial charge in [0.2, 0.25) is 0 Å². The predicted molar refractivity (Wildman–Crippen MR) is 83.7 cm³/mol. The van der Waals surface area contributed by atoms with Crippen LogP contribution >= 0.6 is 0 Å². The van der Waals surface area contributed by atoms with E-state index in [2.05, 4.69) is 38.1 Å². The Bertz CT molecular complexity index is 512. The first-order valence-electron chi connectivity index (χ1n) is 7.70. The van der Waals surface area contributed by atoms with Gasteiger partial charge in [0.05, 0.1) is 0 Å². The largest absolute Gasteiger partial charge is 0.508 e. The van der Waals surface area contributed by atoms with Crippen molar-refractivity contribution in [2.24, 2.45) is 17.8 Å². The first-order valence-corrected chi connectivity index (χ1v) is 7.70. The summed E-state index contributed by atoms with van der Waals surface area (Å²) in [7, 11) is 4.32. The fourth-order valence-corrected chi connectivity index (χ4v) is 4.08. The van der Waals surface area contributed by atoms with Crippen molar-refractivity contribution in [1.82, 2.24) is 4.90 Å². The van der Waals surface area contributed by atoms with Gasteiger partial charge in [-0.1, -0.05) is 12.1 Å². The Labute approximate surface area is 122 Å². The molecule has 0 aromatic heterocycles. The summed E-state index contributed by atoms with van der Waals surface area (Å²) < 4.78 is 0. The molecule has 2 heteroatoms. The third-order valence-electron chi connectivity index (χ3n) is 4.85. The van der Waals surface area contributed by atoms with Crippen LogP contribution in [0.4, 0.5) is 0 Å². The Morgan fingerprint density at radius 1 is 1.20 bits per heavy atom. The van der Waals surface area contributed by atoms with E-state index in [9.17, 15) is 5.11 Å². The first kappa shape index (κ1) is 13.7. The van der Waals surface area contributed by atoms with E-state index in [-0.39, 0.29) is 0 Å². The van der Waals surface area contributed by atoms with Crippen LogP contribution in [0.1, 0.15) is 30.4 Å². The third kappa shape index (κ3) is 2.62. The van der Waals surface area contributed by atoms with Crippen LogP contribution in [-0.4, -0.2) is 30.6 Å². The van der Waals surface area contributed by atoms with Crippen LogP contribution in [0.5, 0.6) is 5.75 Å². The van der Waals surface area contributed by atoms with Crippen LogP contribution in [0.2, 0.25) is 0 Å². The van der Waals surface area contributed by atoms with Crippen molar-refractivity contribution in [3.63, 3.8) is 0 Å². The monoisotopic (exact) mass is 271 g/mol. The van der Waals surface area contributed by atoms with Crippen LogP contribution in [0.3, 0.4) is 0 Å². The number of nitrogens with zero attached hydrogens (tertiary/aromatic N) is 1. The molecular weight excluding hydrogens is 246 g/mol. The number of fused-ring (bicyclic) bond motifs is 2. The second-order valence-electron chi connectivity index (χ2n) is 6.88. The summed E-state index contributed by atoms with van der Waals surface area (Å²) >= 11 is 0. The Morgan fingerprint density at radius 2 is 2.00 bits per heavy atom. The Balaban J connectivity index is 1.99. The van der Waals surface area contributed by atoms with Crippen LogP contribution < -0.4 is 0 Å². The van der Waals surface area contributed by atoms with Crippen LogP contribution in [-0.2, 0) is 0 Å². The highest BCUT2D eigenvalue weighted by Crippen LogP contribution is 2.48. The summed E-state index contributed by atoms with van der Waals surface area (Å²) in [5.41, 5.74) is 3.84. The quantitative estimate of drug-likeness (QED) is 0.906. The van der Waals surface area contributed by atoms with Gasteiger partial charge in [-0.15, -0.1) is 0 Å². The molecule has 0 amide bonds. The molecule has 1 saturated carbocycles. The van der Waals surface area contributed by atoms with Gasteiger partial charge in [0.25, 0.3) is 0 Å². The summed E-state index contributed by atoms with van der Waals surface area (Å²) in [4.78, 5) is 2.30. The van der Waals surface area contributed by atoms with Crippen molar-refractivity contribution in [2.75, 3.05) is 20.6 Å². The van der Waals surface area contributed by atoms with Crippen molar-refractivity contribution in [2.45, 2.75) is 26.2 Å². The average molecular weight is 271 g/mol. The molecule has 108 valence electrons. The number of aryl methyl sites for hydroxylation is 1. The molecule has 2 aliphatic rings. The lowest BCUT2D eigenvalue weighted by molar-refractivity contribution is 0.289. The summed E-state index contributed by atoms with van der Waals surface area (Å²) in [5, 5.41) is 9.90. The van der Waals surface area contributed by atoms with Gasteiger partial charge in [-0.2, -0.15) is 0 Å². The Hall–Kier alpha value is -1.28. The topological polar surface area (TPSA) is 23.5 Å². The number of rotatable bonds is 3. The second kappa shape index (κ2) is 5.25. The molecule has 1 aromatic carbocycles. The van der Waals surface area contributed by atoms with Crippen LogP contribution in [0.25, 0.3) is 5.57 Å². The first-order chi connectivity index (χ1) is 9.52. The van der Waals surface area contributed by atoms with E-state index in [0.717, 1.165) is 23.9 Å². The molecule has 0 heterocycles. The third-order valence-corrected chi connectivity index (χ3v) is 4.85. The van der Waals surface area contributed by atoms with Crippen LogP contribution in [0.15, 0.2) is 24.3 Å². The number of allylic oxidation sites excluding steroid dienone is 1. The second-order valence-corrected chi connectivity index (χ2v) is 6.88. The summed E-state index contributed by atoms with van der Waals surface area (Å²) in [6.45, 7) is 3.17. The smallest absolute Gasteiger partial charge is 0.116 e. The van der Waals surface area contributed by atoms with Crippen molar-refractivity contribution < 1.29 is 5.11 Å². The standard InChI is InChI=1S/C18H25NO/c1-12-6-15(10-16(20)7-12)17-9-13-4-5-14(8-13)18(17)11-19(2)3/h6-7,9-10,13-14,18,20H,4-5,8,11H2,1-3H3/t13-,14+,18-/m0/s1. The minimum atomic E-state index is 0.391. The number of phenolic OH excluding ortho intramolecular Hbond substituents is 1. The highest BCUT2D eigenvalue weighted by molar-refractivity contribution is 5.71. The molecule has 20 heavy (non-hydrogen) atoms. The van der Waals surface area contributed by atoms with Gasteiger partial charge < -0.3 is 10.0 Å². The molecule has 0 aliphatic heterocycles. The molecule has 0 radical (unpaired) electrons. The molecule has 0 unspecified atom stereocenters. The Morgan fingerprint density at radius 3 is 2.70 bits per heavy atom. The Kier molecular flexibility index (Phi) is 3.59. The van der Waals surface area contributed by atoms with E-state index in [1.165, 1.54) is 30.4 Å². The van der Waals surface area contributed by atoms with Crippen LogP contribution in [0, 0.1) is 24.7 Å². The zero-order valence-corrected chi connectivity index (χ0v) is 12.8. The van der Waals surface area contributed by atoms with E-state index >= 15 is 0 Å². The number of hydrogen-bond donors (Lipinski definition) is 1.